The van der Waals surface area contributed by atoms with E-state index in [-0.39, 0.29) is 17.9 Å². The summed E-state index contributed by atoms with van der Waals surface area (Å²) in [4.78, 5) is 11.2. The molecule has 3 aliphatic rings. The Balaban J connectivity index is 1.66. The number of hydrogen-bond donors (Lipinski definition) is 2. The number of phenolic OH excluding ortho intramolecular Hbond substituents is 1. The molecule has 2 N–H and O–H groups in total. The molecule has 6 atom stereocenters. The van der Waals surface area contributed by atoms with Crippen molar-refractivity contribution in [3.05, 3.63) is 29.3 Å². The van der Waals surface area contributed by atoms with Gasteiger partial charge in [-0.1, -0.05) is 13.0 Å². The zero-order valence-electron chi connectivity index (χ0n) is 15.8. The molecule has 0 heterocycles. The number of rotatable bonds is 4. The smallest absolute Gasteiger partial charge is 0.303 e. The van der Waals surface area contributed by atoms with Crippen molar-refractivity contribution in [2.75, 3.05) is 7.11 Å². The Kier molecular flexibility index (Phi) is 4.50. The van der Waals surface area contributed by atoms with E-state index >= 15 is 0 Å². The molecule has 6 unspecified atom stereocenters. The maximum absolute atomic E-state index is 11.2. The zero-order chi connectivity index (χ0) is 18.5. The van der Waals surface area contributed by atoms with Crippen molar-refractivity contribution in [2.45, 2.75) is 63.9 Å². The van der Waals surface area contributed by atoms with E-state index in [1.807, 2.05) is 19.2 Å². The van der Waals surface area contributed by atoms with Crippen LogP contribution in [-0.2, 0) is 16.0 Å². The Bertz CT molecular complexity index is 699. The molecule has 4 nitrogen and oxygen atoms in total. The Hall–Kier alpha value is -1.55. The number of ether oxygens (including phenoxy) is 1. The number of aryl methyl sites for hydroxylation is 1. The van der Waals surface area contributed by atoms with Crippen LogP contribution in [0.25, 0.3) is 0 Å². The average Bonchev–Trinajstić information content (AvgIpc) is 2.91. The third-order valence-electron chi connectivity index (χ3n) is 7.78. The first kappa shape index (κ1) is 17.8. The van der Waals surface area contributed by atoms with Gasteiger partial charge in [0.25, 0.3) is 0 Å². The van der Waals surface area contributed by atoms with Crippen molar-refractivity contribution in [1.29, 1.82) is 0 Å². The highest BCUT2D eigenvalue weighted by atomic mass is 16.5. The largest absolute Gasteiger partial charge is 0.508 e. The number of hydrogen-bond acceptors (Lipinski definition) is 3. The molecule has 0 amide bonds. The van der Waals surface area contributed by atoms with Crippen LogP contribution in [0.15, 0.2) is 18.2 Å². The van der Waals surface area contributed by atoms with E-state index in [4.69, 9.17) is 4.74 Å². The maximum atomic E-state index is 11.2. The van der Waals surface area contributed by atoms with Crippen LogP contribution in [-0.4, -0.2) is 29.4 Å². The lowest BCUT2D eigenvalue weighted by molar-refractivity contribution is -0.137. The van der Waals surface area contributed by atoms with Gasteiger partial charge in [0, 0.05) is 13.5 Å². The van der Waals surface area contributed by atoms with Gasteiger partial charge in [0.05, 0.1) is 6.10 Å². The summed E-state index contributed by atoms with van der Waals surface area (Å²) in [7, 11) is 1.82. The third kappa shape index (κ3) is 2.74. The molecule has 0 spiro atoms. The summed E-state index contributed by atoms with van der Waals surface area (Å²) in [6.07, 6.45) is 6.73. The molecule has 0 bridgehead atoms. The fourth-order valence-electron chi connectivity index (χ4n) is 6.77. The first-order valence-electron chi connectivity index (χ1n) is 10.0. The number of aliphatic carboxylic acids is 1. The SMILES string of the molecule is COC1CC(CCC(=O)O)C2C3CCc4cc(O)ccc4C3CCC12C. The first-order valence-corrected chi connectivity index (χ1v) is 10.0. The van der Waals surface area contributed by atoms with E-state index in [0.29, 0.717) is 29.4 Å². The predicted molar refractivity (Wildman–Crippen MR) is 99.3 cm³/mol. The Morgan fingerprint density at radius 2 is 2.15 bits per heavy atom. The number of phenols is 1. The van der Waals surface area contributed by atoms with E-state index in [1.165, 1.54) is 17.5 Å². The number of aromatic hydroxyl groups is 1. The normalized spacial score (nSPS) is 38.3. The minimum atomic E-state index is -0.690. The quantitative estimate of drug-likeness (QED) is 0.839. The number of fused-ring (bicyclic) bond motifs is 5. The number of carboxylic acids is 1. The number of methoxy groups -OCH3 is 1. The molecule has 0 saturated heterocycles. The Morgan fingerprint density at radius 1 is 1.35 bits per heavy atom. The van der Waals surface area contributed by atoms with Gasteiger partial charge in [0.2, 0.25) is 0 Å². The van der Waals surface area contributed by atoms with Gasteiger partial charge >= 0.3 is 5.97 Å². The second kappa shape index (κ2) is 6.56. The second-order valence-electron chi connectivity index (χ2n) is 8.91. The molecule has 2 fully saturated rings. The van der Waals surface area contributed by atoms with Gasteiger partial charge in [-0.25, -0.2) is 0 Å². The van der Waals surface area contributed by atoms with Gasteiger partial charge < -0.3 is 14.9 Å². The molecule has 1 aromatic carbocycles. The van der Waals surface area contributed by atoms with Gasteiger partial charge in [-0.05, 0) is 90.9 Å². The van der Waals surface area contributed by atoms with Crippen LogP contribution in [0.1, 0.15) is 62.5 Å². The topological polar surface area (TPSA) is 66.8 Å². The van der Waals surface area contributed by atoms with Crippen LogP contribution in [0.5, 0.6) is 5.75 Å². The van der Waals surface area contributed by atoms with E-state index in [1.54, 1.807) is 0 Å². The van der Waals surface area contributed by atoms with Crippen LogP contribution in [0, 0.1) is 23.2 Å². The van der Waals surface area contributed by atoms with E-state index in [9.17, 15) is 15.0 Å². The fraction of sp³-hybridized carbons (Fsp3) is 0.682. The predicted octanol–water partition coefficient (Wildman–Crippen LogP) is 4.35. The molecular weight excluding hydrogens is 328 g/mol. The summed E-state index contributed by atoms with van der Waals surface area (Å²) in [5, 5.41) is 19.0. The Morgan fingerprint density at radius 3 is 2.88 bits per heavy atom. The van der Waals surface area contributed by atoms with E-state index in [0.717, 1.165) is 32.1 Å². The fourth-order valence-corrected chi connectivity index (χ4v) is 6.77. The molecule has 0 radical (unpaired) electrons. The van der Waals surface area contributed by atoms with Crippen LogP contribution in [0.4, 0.5) is 0 Å². The van der Waals surface area contributed by atoms with Crippen molar-refractivity contribution in [1.82, 2.24) is 0 Å². The van der Waals surface area contributed by atoms with Crippen molar-refractivity contribution in [3.8, 4) is 5.75 Å². The summed E-state index contributed by atoms with van der Waals surface area (Å²) >= 11 is 0. The standard InChI is InChI=1S/C22H30O4/c1-22-10-9-17-16-7-5-15(23)11-13(16)3-6-18(17)21(22)14(4-8-20(24)25)12-19(22)26-2/h5,7,11,14,17-19,21,23H,3-4,6,8-10,12H2,1-2H3,(H,24,25). The summed E-state index contributed by atoms with van der Waals surface area (Å²) in [6.45, 7) is 2.38. The number of benzene rings is 1. The van der Waals surface area contributed by atoms with Gasteiger partial charge in [0.15, 0.2) is 0 Å². The Labute approximate surface area is 155 Å². The van der Waals surface area contributed by atoms with Crippen molar-refractivity contribution in [2.24, 2.45) is 23.2 Å². The van der Waals surface area contributed by atoms with Gasteiger partial charge in [-0.15, -0.1) is 0 Å². The highest BCUT2D eigenvalue weighted by Crippen LogP contribution is 2.64. The molecule has 2 saturated carbocycles. The van der Waals surface area contributed by atoms with E-state index in [2.05, 4.69) is 13.0 Å². The molecule has 4 heteroatoms. The van der Waals surface area contributed by atoms with Crippen LogP contribution >= 0.6 is 0 Å². The number of carbonyl (C=O) groups is 1. The van der Waals surface area contributed by atoms with Gasteiger partial charge in [-0.3, -0.25) is 4.79 Å². The van der Waals surface area contributed by atoms with Gasteiger partial charge in [0.1, 0.15) is 5.75 Å². The molecule has 0 aromatic heterocycles. The molecule has 142 valence electrons. The minimum absolute atomic E-state index is 0.160. The monoisotopic (exact) mass is 358 g/mol. The highest BCUT2D eigenvalue weighted by Gasteiger charge is 2.58. The van der Waals surface area contributed by atoms with Crippen molar-refractivity contribution < 1.29 is 19.7 Å². The average molecular weight is 358 g/mol. The molecule has 4 rings (SSSR count). The molecular formula is C22H30O4. The molecule has 0 aliphatic heterocycles. The van der Waals surface area contributed by atoms with Crippen LogP contribution < -0.4 is 0 Å². The minimum Gasteiger partial charge on any atom is -0.508 e. The first-order chi connectivity index (χ1) is 12.4. The van der Waals surface area contributed by atoms with Crippen LogP contribution in [0.3, 0.4) is 0 Å². The van der Waals surface area contributed by atoms with Crippen molar-refractivity contribution >= 4 is 5.97 Å². The molecule has 1 aromatic rings. The molecule has 26 heavy (non-hydrogen) atoms. The van der Waals surface area contributed by atoms with Gasteiger partial charge in [-0.2, -0.15) is 0 Å². The van der Waals surface area contributed by atoms with Crippen molar-refractivity contribution in [3.63, 3.8) is 0 Å². The number of carboxylic acid groups (broad SMARTS) is 1. The van der Waals surface area contributed by atoms with E-state index < -0.39 is 5.97 Å². The maximum Gasteiger partial charge on any atom is 0.303 e. The lowest BCUT2D eigenvalue weighted by Crippen LogP contribution is -2.45. The third-order valence-corrected chi connectivity index (χ3v) is 7.78. The lowest BCUT2D eigenvalue weighted by atomic mass is 9.53. The second-order valence-corrected chi connectivity index (χ2v) is 8.91. The summed E-state index contributed by atoms with van der Waals surface area (Å²) in [5.74, 6) is 1.79. The zero-order valence-corrected chi connectivity index (χ0v) is 15.8. The summed E-state index contributed by atoms with van der Waals surface area (Å²) in [5.41, 5.74) is 2.88. The molecule has 3 aliphatic carbocycles. The summed E-state index contributed by atoms with van der Waals surface area (Å²) in [6, 6.07) is 5.89. The lowest BCUT2D eigenvalue weighted by Gasteiger charge is -2.51. The highest BCUT2D eigenvalue weighted by molar-refractivity contribution is 5.66. The summed E-state index contributed by atoms with van der Waals surface area (Å²) < 4.78 is 5.91. The van der Waals surface area contributed by atoms with Crippen LogP contribution in [0.2, 0.25) is 0 Å².